The number of hydrogen-bond donors (Lipinski definition) is 0. The Labute approximate surface area is 178 Å². The van der Waals surface area contributed by atoms with Crippen LogP contribution in [0.5, 0.6) is 5.75 Å². The first-order valence-electron chi connectivity index (χ1n) is 10.8. The van der Waals surface area contributed by atoms with Gasteiger partial charge in [-0.25, -0.2) is 0 Å². The summed E-state index contributed by atoms with van der Waals surface area (Å²) in [5.74, 6) is 1.67. The molecule has 1 aliphatic rings. The first kappa shape index (κ1) is 20.6. The first-order chi connectivity index (χ1) is 14.7. The van der Waals surface area contributed by atoms with E-state index in [4.69, 9.17) is 18.9 Å². The molecule has 0 aliphatic carbocycles. The second kappa shape index (κ2) is 9.92. The lowest BCUT2D eigenvalue weighted by molar-refractivity contribution is 0.0377. The largest absolute Gasteiger partial charge is 0.494 e. The van der Waals surface area contributed by atoms with E-state index in [0.29, 0.717) is 6.61 Å². The van der Waals surface area contributed by atoms with Crippen molar-refractivity contribution in [2.75, 3.05) is 46.0 Å². The molecule has 5 heteroatoms. The lowest BCUT2D eigenvalue weighted by atomic mass is 10.1. The molecule has 0 unspecified atom stereocenters. The Morgan fingerprint density at radius 2 is 1.83 bits per heavy atom. The molecule has 5 nitrogen and oxygen atoms in total. The third-order valence-corrected chi connectivity index (χ3v) is 5.38. The number of aryl methyl sites for hydroxylation is 1. The van der Waals surface area contributed by atoms with Crippen molar-refractivity contribution in [1.82, 2.24) is 4.90 Å². The van der Waals surface area contributed by atoms with E-state index < -0.39 is 0 Å². The van der Waals surface area contributed by atoms with Crippen LogP contribution in [0.15, 0.2) is 57.9 Å². The summed E-state index contributed by atoms with van der Waals surface area (Å²) in [4.78, 5) is 7.40. The lowest BCUT2D eigenvalue weighted by Gasteiger charge is -2.26. The van der Waals surface area contributed by atoms with E-state index in [-0.39, 0.29) is 0 Å². The van der Waals surface area contributed by atoms with Crippen molar-refractivity contribution in [2.24, 2.45) is 4.99 Å². The molecule has 0 spiro atoms. The summed E-state index contributed by atoms with van der Waals surface area (Å²) in [5, 5.41) is 1.94. The van der Waals surface area contributed by atoms with Gasteiger partial charge in [0.15, 0.2) is 0 Å². The molecule has 0 saturated carbocycles. The third-order valence-electron chi connectivity index (χ3n) is 5.38. The molecule has 2 aromatic carbocycles. The summed E-state index contributed by atoms with van der Waals surface area (Å²) < 4.78 is 17.4. The van der Waals surface area contributed by atoms with Crippen molar-refractivity contribution in [3.63, 3.8) is 0 Å². The third kappa shape index (κ3) is 5.10. The van der Waals surface area contributed by atoms with Gasteiger partial charge in [0.1, 0.15) is 17.1 Å². The van der Waals surface area contributed by atoms with Crippen molar-refractivity contribution in [3.8, 4) is 17.1 Å². The number of hydrogen-bond acceptors (Lipinski definition) is 5. The van der Waals surface area contributed by atoms with Crippen LogP contribution in [0.3, 0.4) is 0 Å². The SMILES string of the molecule is CCOc1ccc2oc(-c3ccc(C)cc3)cc(=NCCCN3CCOCC3)c2c1. The molecule has 1 aliphatic heterocycles. The van der Waals surface area contributed by atoms with Crippen LogP contribution in [0.2, 0.25) is 0 Å². The van der Waals surface area contributed by atoms with Gasteiger partial charge in [-0.2, -0.15) is 0 Å². The van der Waals surface area contributed by atoms with Crippen molar-refractivity contribution in [3.05, 3.63) is 59.5 Å². The Hall–Kier alpha value is -2.63. The second-order valence-corrected chi connectivity index (χ2v) is 7.64. The minimum Gasteiger partial charge on any atom is -0.494 e. The quantitative estimate of drug-likeness (QED) is 0.545. The fourth-order valence-corrected chi connectivity index (χ4v) is 3.71. The monoisotopic (exact) mass is 406 g/mol. The maximum atomic E-state index is 6.23. The molecule has 30 heavy (non-hydrogen) atoms. The van der Waals surface area contributed by atoms with Crippen LogP contribution in [0.4, 0.5) is 0 Å². The fourth-order valence-electron chi connectivity index (χ4n) is 3.71. The molecule has 2 heterocycles. The van der Waals surface area contributed by atoms with Crippen LogP contribution in [-0.4, -0.2) is 50.9 Å². The van der Waals surface area contributed by atoms with Crippen LogP contribution >= 0.6 is 0 Å². The molecule has 3 aromatic rings. The Balaban J connectivity index is 1.64. The average molecular weight is 407 g/mol. The normalized spacial score (nSPS) is 15.6. The number of ether oxygens (including phenoxy) is 2. The zero-order valence-electron chi connectivity index (χ0n) is 17.9. The van der Waals surface area contributed by atoms with Crippen LogP contribution in [0.1, 0.15) is 18.9 Å². The number of morpholine rings is 1. The van der Waals surface area contributed by atoms with Gasteiger partial charge in [0.05, 0.1) is 25.2 Å². The lowest BCUT2D eigenvalue weighted by Crippen LogP contribution is -2.37. The van der Waals surface area contributed by atoms with E-state index in [1.807, 2.05) is 25.1 Å². The van der Waals surface area contributed by atoms with Gasteiger partial charge in [-0.3, -0.25) is 9.89 Å². The van der Waals surface area contributed by atoms with Crippen LogP contribution < -0.4 is 10.1 Å². The highest BCUT2D eigenvalue weighted by atomic mass is 16.5. The number of nitrogens with zero attached hydrogens (tertiary/aromatic N) is 2. The topological polar surface area (TPSA) is 47.2 Å². The minimum absolute atomic E-state index is 0.635. The highest BCUT2D eigenvalue weighted by Gasteiger charge is 2.10. The van der Waals surface area contributed by atoms with Gasteiger partial charge in [0, 0.05) is 43.2 Å². The Morgan fingerprint density at radius 3 is 2.60 bits per heavy atom. The maximum absolute atomic E-state index is 6.23. The predicted octanol–water partition coefficient (Wildman–Crippen LogP) is 4.43. The minimum atomic E-state index is 0.635. The van der Waals surface area contributed by atoms with Gasteiger partial charge < -0.3 is 13.9 Å². The smallest absolute Gasteiger partial charge is 0.137 e. The highest BCUT2D eigenvalue weighted by molar-refractivity contribution is 5.80. The van der Waals surface area contributed by atoms with E-state index in [9.17, 15) is 0 Å². The van der Waals surface area contributed by atoms with Gasteiger partial charge >= 0.3 is 0 Å². The summed E-state index contributed by atoms with van der Waals surface area (Å²) in [5.41, 5.74) is 3.11. The fraction of sp³-hybridized carbons (Fsp3) is 0.400. The second-order valence-electron chi connectivity index (χ2n) is 7.64. The standard InChI is InChI=1S/C25H30N2O3/c1-3-29-21-9-10-24-22(17-21)23(26-11-4-12-27-13-15-28-16-14-27)18-25(30-24)20-7-5-19(2)6-8-20/h5-10,17-18H,3-4,11-16H2,1-2H3. The van der Waals surface area contributed by atoms with Crippen molar-refractivity contribution < 1.29 is 13.9 Å². The average Bonchev–Trinajstić information content (AvgIpc) is 2.78. The Kier molecular flexibility index (Phi) is 6.82. The van der Waals surface area contributed by atoms with Crippen molar-refractivity contribution >= 4 is 11.0 Å². The van der Waals surface area contributed by atoms with Gasteiger partial charge in [-0.1, -0.05) is 29.8 Å². The zero-order chi connectivity index (χ0) is 20.8. The first-order valence-corrected chi connectivity index (χ1v) is 10.8. The summed E-state index contributed by atoms with van der Waals surface area (Å²) in [6, 6.07) is 16.4. The van der Waals surface area contributed by atoms with Crippen molar-refractivity contribution in [2.45, 2.75) is 20.3 Å². The van der Waals surface area contributed by atoms with E-state index >= 15 is 0 Å². The molecule has 0 amide bonds. The predicted molar refractivity (Wildman–Crippen MR) is 120 cm³/mol. The molecule has 0 bridgehead atoms. The maximum Gasteiger partial charge on any atom is 0.137 e. The Bertz CT molecular complexity index is 1030. The molecular formula is C25H30N2O3. The number of rotatable bonds is 7. The summed E-state index contributed by atoms with van der Waals surface area (Å²) >= 11 is 0. The number of benzene rings is 2. The molecule has 0 atom stereocenters. The van der Waals surface area contributed by atoms with E-state index in [1.54, 1.807) is 0 Å². The molecule has 158 valence electrons. The van der Waals surface area contributed by atoms with E-state index in [2.05, 4.69) is 42.2 Å². The Morgan fingerprint density at radius 1 is 1.03 bits per heavy atom. The summed E-state index contributed by atoms with van der Waals surface area (Å²) in [7, 11) is 0. The number of fused-ring (bicyclic) bond motifs is 1. The molecule has 0 radical (unpaired) electrons. The van der Waals surface area contributed by atoms with Gasteiger partial charge in [-0.15, -0.1) is 0 Å². The van der Waals surface area contributed by atoms with Crippen molar-refractivity contribution in [1.29, 1.82) is 0 Å². The van der Waals surface area contributed by atoms with Crippen LogP contribution in [-0.2, 0) is 4.74 Å². The zero-order valence-corrected chi connectivity index (χ0v) is 17.9. The molecule has 0 N–H and O–H groups in total. The highest BCUT2D eigenvalue weighted by Crippen LogP contribution is 2.25. The van der Waals surface area contributed by atoms with E-state index in [0.717, 1.165) is 79.2 Å². The van der Waals surface area contributed by atoms with Gasteiger partial charge in [0.25, 0.3) is 0 Å². The molecular weight excluding hydrogens is 376 g/mol. The van der Waals surface area contributed by atoms with Gasteiger partial charge in [-0.05, 0) is 38.5 Å². The van der Waals surface area contributed by atoms with Crippen LogP contribution in [0.25, 0.3) is 22.3 Å². The molecule has 4 rings (SSSR count). The molecule has 1 saturated heterocycles. The summed E-state index contributed by atoms with van der Waals surface area (Å²) in [6.07, 6.45) is 1.03. The summed E-state index contributed by atoms with van der Waals surface area (Å²) in [6.45, 7) is 10.3. The van der Waals surface area contributed by atoms with E-state index in [1.165, 1.54) is 5.56 Å². The molecule has 1 aromatic heterocycles. The molecule has 1 fully saturated rings. The van der Waals surface area contributed by atoms with Crippen LogP contribution in [0, 0.1) is 6.92 Å². The van der Waals surface area contributed by atoms with Gasteiger partial charge in [0.2, 0.25) is 0 Å².